The molecule has 1 unspecified atom stereocenters. The van der Waals surface area contributed by atoms with Gasteiger partial charge in [-0.25, -0.2) is 4.39 Å². The van der Waals surface area contributed by atoms with E-state index < -0.39 is 29.4 Å². The molecule has 0 spiro atoms. The molecule has 4 amide bonds. The zero-order valence-electron chi connectivity index (χ0n) is 24.6. The van der Waals surface area contributed by atoms with Crippen molar-refractivity contribution >= 4 is 29.3 Å². The van der Waals surface area contributed by atoms with Gasteiger partial charge in [0, 0.05) is 77.1 Å². The SMILES string of the molecule is C[C@H]1CNCCN1CCC1(F)CCN(CC2CCN(c3ccc4c(c3)C(=O)N(C3CCC(=O)NC3=O)C4=O)CC2)CC1. The molecule has 1 aromatic carbocycles. The third kappa shape index (κ3) is 5.96. The highest BCUT2D eigenvalue weighted by Gasteiger charge is 2.45. The predicted octanol–water partition coefficient (Wildman–Crippen LogP) is 1.79. The van der Waals surface area contributed by atoms with Crippen LogP contribution in [0.2, 0.25) is 0 Å². The lowest BCUT2D eigenvalue weighted by atomic mass is 9.88. The van der Waals surface area contributed by atoms with Gasteiger partial charge < -0.3 is 15.1 Å². The predicted molar refractivity (Wildman–Crippen MR) is 156 cm³/mol. The van der Waals surface area contributed by atoms with E-state index in [0.717, 1.165) is 82.3 Å². The first kappa shape index (κ1) is 29.2. The first-order valence-electron chi connectivity index (χ1n) is 15.7. The summed E-state index contributed by atoms with van der Waals surface area (Å²) in [4.78, 5) is 58.2. The number of amides is 4. The van der Waals surface area contributed by atoms with Crippen LogP contribution in [-0.4, -0.2) is 115 Å². The number of carbonyl (C=O) groups is 4. The van der Waals surface area contributed by atoms with Crippen molar-refractivity contribution in [3.05, 3.63) is 29.3 Å². The second-order valence-electron chi connectivity index (χ2n) is 12.9. The number of piperidine rings is 3. The van der Waals surface area contributed by atoms with Crippen LogP contribution in [-0.2, 0) is 9.59 Å². The standard InChI is InChI=1S/C31H43FN6O4/c1-21-19-33-11-17-36(21)16-10-31(32)8-14-35(15-9-31)20-22-6-12-37(13-7-22)23-2-3-24-25(18-23)30(42)38(29(24)41)26-4-5-27(39)34-28(26)40/h2-3,18,21-22,26,33H,4-17,19-20H2,1H3,(H,34,39,40)/t21-,26?/m0/s1. The lowest BCUT2D eigenvalue weighted by molar-refractivity contribution is -0.136. The summed E-state index contributed by atoms with van der Waals surface area (Å²) in [6.45, 7) is 10.4. The van der Waals surface area contributed by atoms with Crippen LogP contribution in [0.3, 0.4) is 0 Å². The Morgan fingerprint density at radius 3 is 2.40 bits per heavy atom. The molecular weight excluding hydrogens is 539 g/mol. The highest BCUT2D eigenvalue weighted by molar-refractivity contribution is 6.23. The number of hydrogen-bond acceptors (Lipinski definition) is 8. The highest BCUT2D eigenvalue weighted by Crippen LogP contribution is 2.34. The summed E-state index contributed by atoms with van der Waals surface area (Å²) in [6, 6.07) is 4.85. The maximum atomic E-state index is 15.6. The number of fused-ring (bicyclic) bond motifs is 1. The van der Waals surface area contributed by atoms with Gasteiger partial charge in [-0.2, -0.15) is 0 Å². The van der Waals surface area contributed by atoms with Crippen LogP contribution in [0.5, 0.6) is 0 Å². The van der Waals surface area contributed by atoms with Gasteiger partial charge in [0.1, 0.15) is 11.7 Å². The molecule has 0 aliphatic carbocycles. The summed E-state index contributed by atoms with van der Waals surface area (Å²) in [5.74, 6) is -1.38. The second-order valence-corrected chi connectivity index (χ2v) is 12.9. The van der Waals surface area contributed by atoms with E-state index >= 15 is 4.39 Å². The van der Waals surface area contributed by atoms with E-state index in [2.05, 4.69) is 32.3 Å². The summed E-state index contributed by atoms with van der Waals surface area (Å²) in [5.41, 5.74) is 0.473. The summed E-state index contributed by atoms with van der Waals surface area (Å²) in [5, 5.41) is 5.64. The molecule has 0 radical (unpaired) electrons. The molecule has 5 heterocycles. The van der Waals surface area contributed by atoms with Crippen molar-refractivity contribution in [3.63, 3.8) is 0 Å². The molecule has 42 heavy (non-hydrogen) atoms. The molecule has 5 aliphatic rings. The number of imide groups is 2. The average molecular weight is 583 g/mol. The molecule has 4 fully saturated rings. The molecule has 0 bridgehead atoms. The molecule has 0 aromatic heterocycles. The Morgan fingerprint density at radius 1 is 0.952 bits per heavy atom. The fourth-order valence-corrected chi connectivity index (χ4v) is 7.34. The van der Waals surface area contributed by atoms with Crippen LogP contribution < -0.4 is 15.5 Å². The van der Waals surface area contributed by atoms with Crippen LogP contribution in [0.4, 0.5) is 10.1 Å². The summed E-state index contributed by atoms with van der Waals surface area (Å²) in [7, 11) is 0. The summed E-state index contributed by atoms with van der Waals surface area (Å²) < 4.78 is 15.6. The molecule has 2 N–H and O–H groups in total. The molecule has 4 saturated heterocycles. The third-order valence-corrected chi connectivity index (χ3v) is 10.2. The Bertz CT molecular complexity index is 1230. The molecule has 6 rings (SSSR count). The van der Waals surface area contributed by atoms with E-state index in [-0.39, 0.29) is 18.7 Å². The van der Waals surface area contributed by atoms with Crippen molar-refractivity contribution in [3.8, 4) is 0 Å². The normalized spacial score (nSPS) is 27.9. The van der Waals surface area contributed by atoms with Gasteiger partial charge in [0.25, 0.3) is 11.8 Å². The first-order chi connectivity index (χ1) is 20.2. The zero-order valence-corrected chi connectivity index (χ0v) is 24.6. The van der Waals surface area contributed by atoms with Crippen molar-refractivity contribution in [2.75, 3.05) is 63.8 Å². The molecule has 1 aromatic rings. The second kappa shape index (κ2) is 12.0. The smallest absolute Gasteiger partial charge is 0.262 e. The van der Waals surface area contributed by atoms with Gasteiger partial charge in [-0.15, -0.1) is 0 Å². The maximum Gasteiger partial charge on any atom is 0.262 e. The largest absolute Gasteiger partial charge is 0.371 e. The molecule has 5 aliphatic heterocycles. The lowest BCUT2D eigenvalue weighted by Crippen LogP contribution is -2.54. The number of likely N-dealkylation sites (tertiary alicyclic amines) is 1. The third-order valence-electron chi connectivity index (χ3n) is 10.2. The van der Waals surface area contributed by atoms with Crippen LogP contribution in [0.25, 0.3) is 0 Å². The number of halogens is 1. The molecule has 11 heteroatoms. The lowest BCUT2D eigenvalue weighted by Gasteiger charge is -2.41. The topological polar surface area (TPSA) is 105 Å². The number of nitrogens with zero attached hydrogens (tertiary/aromatic N) is 4. The molecule has 0 saturated carbocycles. The van der Waals surface area contributed by atoms with Crippen molar-refractivity contribution in [2.24, 2.45) is 5.92 Å². The van der Waals surface area contributed by atoms with Crippen molar-refractivity contribution in [2.45, 2.75) is 69.6 Å². The average Bonchev–Trinajstić information content (AvgIpc) is 3.23. The van der Waals surface area contributed by atoms with E-state index in [1.807, 2.05) is 6.07 Å². The van der Waals surface area contributed by atoms with Gasteiger partial charge in [-0.3, -0.25) is 34.3 Å². The minimum absolute atomic E-state index is 0.103. The van der Waals surface area contributed by atoms with Crippen molar-refractivity contribution in [1.82, 2.24) is 25.3 Å². The summed E-state index contributed by atoms with van der Waals surface area (Å²) >= 11 is 0. The Hall–Kier alpha value is -2.89. The van der Waals surface area contributed by atoms with Gasteiger partial charge >= 0.3 is 0 Å². The molecule has 10 nitrogen and oxygen atoms in total. The Labute approximate surface area is 246 Å². The van der Waals surface area contributed by atoms with Crippen LogP contribution in [0, 0.1) is 5.92 Å². The monoisotopic (exact) mass is 582 g/mol. The number of rotatable bonds is 7. The van der Waals surface area contributed by atoms with Gasteiger partial charge in [0.05, 0.1) is 11.1 Å². The maximum absolute atomic E-state index is 15.6. The van der Waals surface area contributed by atoms with Gasteiger partial charge in [-0.1, -0.05) is 0 Å². The number of piperazine rings is 1. The number of nitrogens with one attached hydrogen (secondary N) is 2. The number of benzene rings is 1. The first-order valence-corrected chi connectivity index (χ1v) is 15.7. The van der Waals surface area contributed by atoms with E-state index in [1.165, 1.54) is 0 Å². The Morgan fingerprint density at radius 2 is 1.69 bits per heavy atom. The molecule has 228 valence electrons. The van der Waals surface area contributed by atoms with Crippen LogP contribution in [0.1, 0.15) is 72.6 Å². The van der Waals surface area contributed by atoms with E-state index in [9.17, 15) is 19.2 Å². The van der Waals surface area contributed by atoms with Gasteiger partial charge in [0.2, 0.25) is 11.8 Å². The number of alkyl halides is 1. The van der Waals surface area contributed by atoms with E-state index in [1.54, 1.807) is 12.1 Å². The minimum atomic E-state index is -1.05. The Balaban J connectivity index is 0.979. The van der Waals surface area contributed by atoms with Crippen molar-refractivity contribution in [1.29, 1.82) is 0 Å². The summed E-state index contributed by atoms with van der Waals surface area (Å²) in [6.07, 6.45) is 4.15. The molecular formula is C31H43FN6O4. The number of carbonyl (C=O) groups excluding carboxylic acids is 4. The zero-order chi connectivity index (χ0) is 29.4. The fourth-order valence-electron chi connectivity index (χ4n) is 7.34. The van der Waals surface area contributed by atoms with E-state index in [0.29, 0.717) is 42.3 Å². The van der Waals surface area contributed by atoms with Crippen LogP contribution in [0.15, 0.2) is 18.2 Å². The number of hydrogen-bond donors (Lipinski definition) is 2. The van der Waals surface area contributed by atoms with Gasteiger partial charge in [-0.05, 0) is 69.6 Å². The molecule has 2 atom stereocenters. The van der Waals surface area contributed by atoms with Gasteiger partial charge in [0.15, 0.2) is 0 Å². The van der Waals surface area contributed by atoms with Crippen LogP contribution >= 0.6 is 0 Å². The Kier molecular flexibility index (Phi) is 8.35. The minimum Gasteiger partial charge on any atom is -0.371 e. The number of anilines is 1. The van der Waals surface area contributed by atoms with Crippen molar-refractivity contribution < 1.29 is 23.6 Å². The van der Waals surface area contributed by atoms with E-state index in [4.69, 9.17) is 0 Å². The fraction of sp³-hybridized carbons (Fsp3) is 0.677. The quantitative estimate of drug-likeness (QED) is 0.469. The highest BCUT2D eigenvalue weighted by atomic mass is 19.1.